The molecule has 3 aliphatic rings. The number of benzene rings is 3. The van der Waals surface area contributed by atoms with Crippen LogP contribution in [0.4, 0.5) is 4.79 Å². The third-order valence-corrected chi connectivity index (χ3v) is 8.70. The first-order valence-corrected chi connectivity index (χ1v) is 12.9. The van der Waals surface area contributed by atoms with E-state index < -0.39 is 0 Å². The number of fused-ring (bicyclic) bond motifs is 1. The van der Waals surface area contributed by atoms with Gasteiger partial charge in [-0.05, 0) is 71.6 Å². The van der Waals surface area contributed by atoms with Crippen LogP contribution in [0.5, 0.6) is 5.75 Å². The Labute approximate surface area is 207 Å². The van der Waals surface area contributed by atoms with E-state index in [-0.39, 0.29) is 17.6 Å². The fraction of sp³-hybridized carbons (Fsp3) is 0.387. The summed E-state index contributed by atoms with van der Waals surface area (Å²) >= 11 is 0. The molecular formula is C31H33NO3. The summed E-state index contributed by atoms with van der Waals surface area (Å²) in [5, 5.41) is 0. The average molecular weight is 468 g/mol. The maximum absolute atomic E-state index is 13.2. The topological polar surface area (TPSA) is 38.8 Å². The molecule has 4 heteroatoms. The SMILES string of the molecule is COc1ccc(-c2ccc3c(c2)C24CCCC[C@@H]2[C@H](C3)N(C(=O)OCc2ccccc2)CC4)cc1. The Kier molecular flexibility index (Phi) is 5.75. The van der Waals surface area contributed by atoms with Crippen molar-refractivity contribution in [2.75, 3.05) is 13.7 Å². The fourth-order valence-electron chi connectivity index (χ4n) is 7.00. The van der Waals surface area contributed by atoms with Gasteiger partial charge in [0.1, 0.15) is 12.4 Å². The van der Waals surface area contributed by atoms with Crippen molar-refractivity contribution < 1.29 is 14.3 Å². The third kappa shape index (κ3) is 3.89. The second-order valence-electron chi connectivity index (χ2n) is 10.4. The standard InChI is InChI=1S/C31H33NO3/c1-34-26-14-12-23(13-15-26)24-10-11-25-20-29-27-9-5-6-16-31(27,28(25)19-24)17-18-32(29)30(33)35-21-22-7-3-2-4-8-22/h2-4,7-8,10-15,19,27,29H,5-6,9,16-18,20-21H2,1H3/t27-,29+,31?/m1/s1. The lowest BCUT2D eigenvalue weighted by atomic mass is 9.52. The molecule has 2 aliphatic carbocycles. The summed E-state index contributed by atoms with van der Waals surface area (Å²) in [5.41, 5.74) is 6.64. The Bertz CT molecular complexity index is 1210. The summed E-state index contributed by atoms with van der Waals surface area (Å²) in [7, 11) is 1.70. The first-order valence-electron chi connectivity index (χ1n) is 12.9. The van der Waals surface area contributed by atoms with E-state index in [2.05, 4.69) is 35.2 Å². The van der Waals surface area contributed by atoms with E-state index in [1.54, 1.807) is 7.11 Å². The van der Waals surface area contributed by atoms with Crippen molar-refractivity contribution in [3.63, 3.8) is 0 Å². The van der Waals surface area contributed by atoms with E-state index in [9.17, 15) is 4.79 Å². The lowest BCUT2D eigenvalue weighted by Crippen LogP contribution is -2.62. The van der Waals surface area contributed by atoms with Crippen molar-refractivity contribution >= 4 is 6.09 Å². The molecule has 1 amide bonds. The molecular weight excluding hydrogens is 434 g/mol. The molecule has 4 nitrogen and oxygen atoms in total. The van der Waals surface area contributed by atoms with Crippen molar-refractivity contribution in [3.05, 3.63) is 89.5 Å². The van der Waals surface area contributed by atoms with Gasteiger partial charge in [0.2, 0.25) is 0 Å². The molecule has 0 radical (unpaired) electrons. The van der Waals surface area contributed by atoms with E-state index in [4.69, 9.17) is 9.47 Å². The van der Waals surface area contributed by atoms with E-state index in [0.717, 1.165) is 30.7 Å². The normalized spacial score (nSPS) is 24.8. The first-order chi connectivity index (χ1) is 17.2. The van der Waals surface area contributed by atoms with Crippen molar-refractivity contribution in [1.29, 1.82) is 0 Å². The molecule has 1 heterocycles. The number of likely N-dealkylation sites (tertiary alicyclic amines) is 1. The maximum Gasteiger partial charge on any atom is 0.410 e. The summed E-state index contributed by atoms with van der Waals surface area (Å²) < 4.78 is 11.1. The maximum atomic E-state index is 13.2. The number of methoxy groups -OCH3 is 1. The molecule has 0 spiro atoms. The zero-order valence-electron chi connectivity index (χ0n) is 20.4. The van der Waals surface area contributed by atoms with Gasteiger partial charge in [-0.15, -0.1) is 0 Å². The van der Waals surface area contributed by atoms with Gasteiger partial charge in [-0.25, -0.2) is 4.79 Å². The molecule has 3 aromatic carbocycles. The number of hydrogen-bond acceptors (Lipinski definition) is 3. The van der Waals surface area contributed by atoms with Crippen molar-refractivity contribution in [2.24, 2.45) is 5.92 Å². The van der Waals surface area contributed by atoms with Crippen LogP contribution in [-0.2, 0) is 23.2 Å². The zero-order chi connectivity index (χ0) is 23.8. The predicted molar refractivity (Wildman–Crippen MR) is 138 cm³/mol. The van der Waals surface area contributed by atoms with Crippen molar-refractivity contribution in [2.45, 2.75) is 56.6 Å². The van der Waals surface area contributed by atoms with Crippen LogP contribution >= 0.6 is 0 Å². The number of piperidine rings is 1. The second-order valence-corrected chi connectivity index (χ2v) is 10.4. The monoisotopic (exact) mass is 467 g/mol. The van der Waals surface area contributed by atoms with Crippen LogP contribution in [0.2, 0.25) is 0 Å². The molecule has 3 aromatic rings. The lowest BCUT2D eigenvalue weighted by Gasteiger charge is -2.58. The van der Waals surface area contributed by atoms with Crippen LogP contribution in [0, 0.1) is 5.92 Å². The summed E-state index contributed by atoms with van der Waals surface area (Å²) in [4.78, 5) is 15.3. The van der Waals surface area contributed by atoms with Crippen LogP contribution < -0.4 is 4.74 Å². The van der Waals surface area contributed by atoms with Crippen LogP contribution in [0.3, 0.4) is 0 Å². The van der Waals surface area contributed by atoms with Crippen LogP contribution in [0.1, 0.15) is 48.8 Å². The van der Waals surface area contributed by atoms with Crippen LogP contribution in [-0.4, -0.2) is 30.7 Å². The molecule has 0 aromatic heterocycles. The molecule has 6 rings (SSSR count). The number of rotatable bonds is 4. The minimum atomic E-state index is -0.156. The average Bonchev–Trinajstić information content (AvgIpc) is 2.92. The quantitative estimate of drug-likeness (QED) is 0.426. The van der Waals surface area contributed by atoms with Crippen molar-refractivity contribution in [1.82, 2.24) is 4.90 Å². The molecule has 2 bridgehead atoms. The molecule has 180 valence electrons. The van der Waals surface area contributed by atoms with Gasteiger partial charge < -0.3 is 14.4 Å². The van der Waals surface area contributed by atoms with E-state index in [1.165, 1.54) is 47.9 Å². The van der Waals surface area contributed by atoms with Gasteiger partial charge >= 0.3 is 6.09 Å². The zero-order valence-corrected chi connectivity index (χ0v) is 20.4. The minimum absolute atomic E-state index is 0.156. The number of nitrogens with zero attached hydrogens (tertiary/aromatic N) is 1. The van der Waals surface area contributed by atoms with Gasteiger partial charge in [-0.2, -0.15) is 0 Å². The smallest absolute Gasteiger partial charge is 0.410 e. The molecule has 1 unspecified atom stereocenters. The summed E-state index contributed by atoms with van der Waals surface area (Å²) in [6.45, 7) is 1.11. The number of amides is 1. The predicted octanol–water partition coefficient (Wildman–Crippen LogP) is 6.76. The highest BCUT2D eigenvalue weighted by Gasteiger charge is 2.55. The highest BCUT2D eigenvalue weighted by Crippen LogP contribution is 2.56. The number of ether oxygens (including phenoxy) is 2. The highest BCUT2D eigenvalue weighted by molar-refractivity contribution is 5.70. The van der Waals surface area contributed by atoms with Gasteiger partial charge in [-0.3, -0.25) is 0 Å². The van der Waals surface area contributed by atoms with E-state index >= 15 is 0 Å². The third-order valence-electron chi connectivity index (χ3n) is 8.70. The van der Waals surface area contributed by atoms with E-state index in [1.807, 2.05) is 42.5 Å². The Morgan fingerprint density at radius 1 is 0.971 bits per heavy atom. The summed E-state index contributed by atoms with van der Waals surface area (Å²) in [6, 6.07) is 25.6. The van der Waals surface area contributed by atoms with E-state index in [0.29, 0.717) is 12.5 Å². The number of carbonyl (C=O) groups is 1. The van der Waals surface area contributed by atoms with Crippen molar-refractivity contribution in [3.8, 4) is 16.9 Å². The Morgan fingerprint density at radius 3 is 2.57 bits per heavy atom. The molecule has 3 atom stereocenters. The lowest BCUT2D eigenvalue weighted by molar-refractivity contribution is -0.0136. The van der Waals surface area contributed by atoms with Crippen LogP contribution in [0.25, 0.3) is 11.1 Å². The molecule has 35 heavy (non-hydrogen) atoms. The highest BCUT2D eigenvalue weighted by atomic mass is 16.6. The van der Waals surface area contributed by atoms with Gasteiger partial charge in [0.25, 0.3) is 0 Å². The first kappa shape index (κ1) is 22.2. The Balaban J connectivity index is 1.29. The van der Waals surface area contributed by atoms with Gasteiger partial charge in [0.05, 0.1) is 7.11 Å². The largest absolute Gasteiger partial charge is 0.497 e. The Morgan fingerprint density at radius 2 is 1.77 bits per heavy atom. The molecule has 0 N–H and O–H groups in total. The van der Waals surface area contributed by atoms with Crippen LogP contribution in [0.15, 0.2) is 72.8 Å². The molecule has 1 saturated carbocycles. The van der Waals surface area contributed by atoms with Gasteiger partial charge in [0.15, 0.2) is 0 Å². The number of carbonyl (C=O) groups excluding carboxylic acids is 1. The second kappa shape index (κ2) is 9.07. The van der Waals surface area contributed by atoms with Gasteiger partial charge in [-0.1, -0.05) is 73.5 Å². The summed E-state index contributed by atoms with van der Waals surface area (Å²) in [6.07, 6.45) is 6.73. The minimum Gasteiger partial charge on any atom is -0.497 e. The number of hydrogen-bond donors (Lipinski definition) is 0. The Hall–Kier alpha value is -3.27. The van der Waals surface area contributed by atoms with Gasteiger partial charge in [0, 0.05) is 18.0 Å². The molecule has 1 saturated heterocycles. The molecule has 1 aliphatic heterocycles. The summed E-state index contributed by atoms with van der Waals surface area (Å²) in [5.74, 6) is 1.39. The molecule has 2 fully saturated rings. The fourth-order valence-corrected chi connectivity index (χ4v) is 7.00.